The number of fused-ring (bicyclic) bond motifs is 6. The average molecular weight is 957 g/mol. The summed E-state index contributed by atoms with van der Waals surface area (Å²) in [5.74, 6) is 0. The number of anilines is 3. The normalized spacial score (nSPS) is 11.5. The lowest BCUT2D eigenvalue weighted by molar-refractivity contribution is 0.670. The zero-order valence-corrected chi connectivity index (χ0v) is 41.0. The van der Waals surface area contributed by atoms with E-state index >= 15 is 0 Å². The molecular weight excluding hydrogens is 909 g/mol. The van der Waals surface area contributed by atoms with E-state index < -0.39 is 0 Å². The van der Waals surface area contributed by atoms with Gasteiger partial charge < -0.3 is 13.9 Å². The molecule has 12 aromatic carbocycles. The SMILES string of the molecule is c1ccc(-c2ccc(-c3ccc(N(c4ccc(-c5ccc(-c6ccccc6-n6c7ccccc7c7cc(-c8ccccc8)ccc76)cc5)cc4)c4ccc(-c5cccc6c5oc5ccccc56)cc4)cc3)cc2)cc1. The molecule has 0 aliphatic heterocycles. The molecule has 0 spiro atoms. The third kappa shape index (κ3) is 7.95. The van der Waals surface area contributed by atoms with Crippen molar-refractivity contribution in [1.82, 2.24) is 4.57 Å². The summed E-state index contributed by atoms with van der Waals surface area (Å²) < 4.78 is 8.89. The first kappa shape index (κ1) is 43.8. The number of nitrogens with zero attached hydrogens (tertiary/aromatic N) is 2. The molecule has 0 bridgehead atoms. The van der Waals surface area contributed by atoms with Crippen LogP contribution in [0.4, 0.5) is 17.1 Å². The van der Waals surface area contributed by atoms with Gasteiger partial charge in [-0.25, -0.2) is 0 Å². The fraction of sp³-hybridized carbons (Fsp3) is 0. The van der Waals surface area contributed by atoms with Crippen molar-refractivity contribution in [3.63, 3.8) is 0 Å². The van der Waals surface area contributed by atoms with E-state index in [2.05, 4.69) is 289 Å². The van der Waals surface area contributed by atoms with Crippen molar-refractivity contribution >= 4 is 60.8 Å². The van der Waals surface area contributed by atoms with Crippen LogP contribution in [0.1, 0.15) is 0 Å². The highest BCUT2D eigenvalue weighted by atomic mass is 16.3. The van der Waals surface area contributed by atoms with Crippen molar-refractivity contribution in [1.29, 1.82) is 0 Å². The van der Waals surface area contributed by atoms with Gasteiger partial charge in [-0.3, -0.25) is 0 Å². The van der Waals surface area contributed by atoms with Crippen molar-refractivity contribution < 1.29 is 4.42 Å². The highest BCUT2D eigenvalue weighted by Crippen LogP contribution is 2.42. The second-order valence-electron chi connectivity index (χ2n) is 19.2. The van der Waals surface area contributed by atoms with Crippen LogP contribution < -0.4 is 4.90 Å². The van der Waals surface area contributed by atoms with Crippen molar-refractivity contribution in [3.05, 3.63) is 291 Å². The Bertz CT molecular complexity index is 4340. The quantitative estimate of drug-likeness (QED) is 0.136. The van der Waals surface area contributed by atoms with Crippen molar-refractivity contribution in [3.8, 4) is 72.4 Å². The fourth-order valence-electron chi connectivity index (χ4n) is 11.1. The van der Waals surface area contributed by atoms with E-state index in [1.165, 1.54) is 66.3 Å². The Balaban J connectivity index is 0.790. The van der Waals surface area contributed by atoms with Crippen LogP contribution >= 0.6 is 0 Å². The van der Waals surface area contributed by atoms with Gasteiger partial charge in [-0.05, 0) is 122 Å². The summed E-state index contributed by atoms with van der Waals surface area (Å²) in [6.07, 6.45) is 0. The summed E-state index contributed by atoms with van der Waals surface area (Å²) in [6.45, 7) is 0. The zero-order chi connectivity index (χ0) is 49.7. The molecule has 3 heteroatoms. The van der Waals surface area contributed by atoms with Crippen LogP contribution in [0.15, 0.2) is 296 Å². The van der Waals surface area contributed by atoms with Gasteiger partial charge in [0.2, 0.25) is 0 Å². The number of para-hydroxylation sites is 4. The third-order valence-electron chi connectivity index (χ3n) is 14.9. The van der Waals surface area contributed by atoms with Crippen molar-refractivity contribution in [2.45, 2.75) is 0 Å². The van der Waals surface area contributed by atoms with Crippen molar-refractivity contribution in [2.75, 3.05) is 4.90 Å². The van der Waals surface area contributed by atoms with Gasteiger partial charge in [0.1, 0.15) is 11.2 Å². The third-order valence-corrected chi connectivity index (χ3v) is 14.9. The van der Waals surface area contributed by atoms with E-state index in [0.717, 1.165) is 66.9 Å². The standard InChI is InChI=1S/C72H48N2O/c1-3-14-49(15-4-1)51-26-28-52(29-27-51)54-34-41-59(42-35-54)73(61-45-38-57(39-46-61)63-21-13-22-66-65-20-9-12-25-71(65)75-72(63)66)60-43-36-55(37-44-60)53-30-32-56(33-31-53)62-18-7-10-23-68(62)74-69-24-11-8-19-64(69)67-48-58(40-47-70(67)74)50-16-5-2-6-17-50/h1-48H. The lowest BCUT2D eigenvalue weighted by Gasteiger charge is -2.26. The smallest absolute Gasteiger partial charge is 0.143 e. The Morgan fingerprint density at radius 3 is 1.27 bits per heavy atom. The minimum atomic E-state index is 0.900. The van der Waals surface area contributed by atoms with E-state index in [9.17, 15) is 0 Å². The Morgan fingerprint density at radius 1 is 0.253 bits per heavy atom. The molecule has 0 saturated heterocycles. The van der Waals surface area contributed by atoms with E-state index in [4.69, 9.17) is 4.42 Å². The van der Waals surface area contributed by atoms with Gasteiger partial charge in [0, 0.05) is 49.7 Å². The van der Waals surface area contributed by atoms with Gasteiger partial charge in [0.15, 0.2) is 0 Å². The first-order valence-corrected chi connectivity index (χ1v) is 25.6. The molecule has 0 saturated carbocycles. The number of benzene rings is 12. The summed E-state index contributed by atoms with van der Waals surface area (Å²) in [7, 11) is 0. The van der Waals surface area contributed by atoms with Crippen LogP contribution in [0.25, 0.3) is 116 Å². The van der Waals surface area contributed by atoms with Gasteiger partial charge in [-0.15, -0.1) is 0 Å². The molecule has 0 amide bonds. The average Bonchev–Trinajstić information content (AvgIpc) is 4.06. The van der Waals surface area contributed by atoms with Gasteiger partial charge >= 0.3 is 0 Å². The molecule has 14 aromatic rings. The summed E-state index contributed by atoms with van der Waals surface area (Å²) in [6, 6.07) is 105. The zero-order valence-electron chi connectivity index (χ0n) is 41.0. The molecule has 0 aliphatic carbocycles. The summed E-state index contributed by atoms with van der Waals surface area (Å²) in [5, 5.41) is 4.75. The maximum absolute atomic E-state index is 6.46. The molecular formula is C72H48N2O. The summed E-state index contributed by atoms with van der Waals surface area (Å²) in [4.78, 5) is 2.34. The van der Waals surface area contributed by atoms with E-state index in [1.807, 2.05) is 12.1 Å². The maximum atomic E-state index is 6.46. The second kappa shape index (κ2) is 18.6. The van der Waals surface area contributed by atoms with Crippen LogP contribution in [-0.2, 0) is 0 Å². The highest BCUT2D eigenvalue weighted by Gasteiger charge is 2.19. The molecule has 3 nitrogen and oxygen atoms in total. The Kier molecular flexibility index (Phi) is 10.8. The van der Waals surface area contributed by atoms with Gasteiger partial charge in [-0.2, -0.15) is 0 Å². The van der Waals surface area contributed by atoms with Crippen LogP contribution in [-0.4, -0.2) is 4.57 Å². The van der Waals surface area contributed by atoms with Crippen LogP contribution in [0, 0.1) is 0 Å². The Morgan fingerprint density at radius 2 is 0.653 bits per heavy atom. The molecule has 14 rings (SSSR count). The van der Waals surface area contributed by atoms with Crippen molar-refractivity contribution in [2.24, 2.45) is 0 Å². The summed E-state index contributed by atoms with van der Waals surface area (Å²) >= 11 is 0. The summed E-state index contributed by atoms with van der Waals surface area (Å²) in [5.41, 5.74) is 22.6. The molecule has 0 aliphatic rings. The predicted octanol–water partition coefficient (Wildman–Crippen LogP) is 20.2. The number of aromatic nitrogens is 1. The number of hydrogen-bond acceptors (Lipinski definition) is 2. The van der Waals surface area contributed by atoms with Crippen LogP contribution in [0.5, 0.6) is 0 Å². The second-order valence-corrected chi connectivity index (χ2v) is 19.2. The van der Waals surface area contributed by atoms with E-state index in [1.54, 1.807) is 0 Å². The first-order valence-electron chi connectivity index (χ1n) is 25.6. The lowest BCUT2D eigenvalue weighted by atomic mass is 9.98. The van der Waals surface area contributed by atoms with Crippen LogP contribution in [0.2, 0.25) is 0 Å². The minimum Gasteiger partial charge on any atom is -0.455 e. The number of hydrogen-bond donors (Lipinski definition) is 0. The molecule has 2 heterocycles. The van der Waals surface area contributed by atoms with Gasteiger partial charge in [0.25, 0.3) is 0 Å². The fourth-order valence-corrected chi connectivity index (χ4v) is 11.1. The van der Waals surface area contributed by atoms with Gasteiger partial charge in [-0.1, -0.05) is 224 Å². The highest BCUT2D eigenvalue weighted by molar-refractivity contribution is 6.11. The minimum absolute atomic E-state index is 0.900. The van der Waals surface area contributed by atoms with E-state index in [-0.39, 0.29) is 0 Å². The molecule has 75 heavy (non-hydrogen) atoms. The monoisotopic (exact) mass is 956 g/mol. The Labute approximate surface area is 436 Å². The molecule has 0 radical (unpaired) electrons. The topological polar surface area (TPSA) is 21.3 Å². The lowest BCUT2D eigenvalue weighted by Crippen LogP contribution is -2.09. The molecule has 0 fully saturated rings. The van der Waals surface area contributed by atoms with E-state index in [0.29, 0.717) is 0 Å². The first-order chi connectivity index (χ1) is 37.2. The number of furan rings is 1. The maximum Gasteiger partial charge on any atom is 0.143 e. The number of rotatable bonds is 10. The molecule has 352 valence electrons. The van der Waals surface area contributed by atoms with Gasteiger partial charge in [0.05, 0.1) is 16.7 Å². The molecule has 0 unspecified atom stereocenters. The molecule has 2 aromatic heterocycles. The largest absolute Gasteiger partial charge is 0.455 e. The molecule has 0 N–H and O–H groups in total. The predicted molar refractivity (Wildman–Crippen MR) is 315 cm³/mol. The Hall–Kier alpha value is -9.96. The molecule has 0 atom stereocenters. The van der Waals surface area contributed by atoms with Crippen LogP contribution in [0.3, 0.4) is 0 Å².